The fraction of sp³-hybridized carbons (Fsp3) is 0.200. The van der Waals surface area contributed by atoms with Crippen LogP contribution in [-0.2, 0) is 0 Å². The van der Waals surface area contributed by atoms with E-state index in [0.717, 1.165) is 10.8 Å². The molecule has 0 amide bonds. The van der Waals surface area contributed by atoms with E-state index in [9.17, 15) is 0 Å². The van der Waals surface area contributed by atoms with Gasteiger partial charge in [0.2, 0.25) is 5.06 Å². The fourth-order valence-electron chi connectivity index (χ4n) is 0.779. The van der Waals surface area contributed by atoms with Crippen LogP contribution < -0.4 is 9.47 Å². The molecule has 3 heteroatoms. The van der Waals surface area contributed by atoms with E-state index in [4.69, 9.17) is 9.47 Å². The maximum atomic E-state index is 5.36. The van der Waals surface area contributed by atoms with E-state index in [1.807, 2.05) is 11.4 Å². The highest BCUT2D eigenvalue weighted by Crippen LogP contribution is 2.33. The first-order valence-electron chi connectivity index (χ1n) is 3.93. The lowest BCUT2D eigenvalue weighted by Gasteiger charge is -2.04. The second kappa shape index (κ2) is 5.43. The van der Waals surface area contributed by atoms with Crippen LogP contribution in [0, 0.1) is 0 Å². The van der Waals surface area contributed by atoms with Gasteiger partial charge in [0.25, 0.3) is 0 Å². The number of ether oxygens (including phenoxy) is 2. The molecule has 0 aliphatic heterocycles. The standard InChI is InChI=1S/C10H12O2S/c1-3-6-11-9-5-8-13-10(9)12-7-4-2/h3-5,8H,1-2,6-7H2. The Kier molecular flexibility index (Phi) is 4.12. The minimum absolute atomic E-state index is 0.501. The molecule has 0 aromatic carbocycles. The van der Waals surface area contributed by atoms with Crippen LogP contribution in [0.4, 0.5) is 0 Å². The molecule has 0 aliphatic carbocycles. The Morgan fingerprint density at radius 3 is 2.62 bits per heavy atom. The molecule has 0 aliphatic rings. The molecule has 0 spiro atoms. The predicted octanol–water partition coefficient (Wildman–Crippen LogP) is 2.88. The predicted molar refractivity (Wildman–Crippen MR) is 55.7 cm³/mol. The van der Waals surface area contributed by atoms with Gasteiger partial charge in [0.05, 0.1) is 0 Å². The third kappa shape index (κ3) is 2.95. The van der Waals surface area contributed by atoms with Gasteiger partial charge in [0.15, 0.2) is 5.75 Å². The van der Waals surface area contributed by atoms with Crippen molar-refractivity contribution in [2.45, 2.75) is 0 Å². The molecule has 0 bridgehead atoms. The molecule has 1 aromatic rings. The average Bonchev–Trinajstić information content (AvgIpc) is 2.59. The van der Waals surface area contributed by atoms with Crippen molar-refractivity contribution in [1.82, 2.24) is 0 Å². The summed E-state index contributed by atoms with van der Waals surface area (Å²) in [5.74, 6) is 0.770. The molecule has 0 atom stereocenters. The highest BCUT2D eigenvalue weighted by atomic mass is 32.1. The zero-order valence-electron chi connectivity index (χ0n) is 7.36. The minimum Gasteiger partial charge on any atom is -0.485 e. The van der Waals surface area contributed by atoms with E-state index in [1.165, 1.54) is 11.3 Å². The summed E-state index contributed by atoms with van der Waals surface area (Å²) in [5.41, 5.74) is 0. The van der Waals surface area contributed by atoms with Crippen LogP contribution in [-0.4, -0.2) is 13.2 Å². The van der Waals surface area contributed by atoms with E-state index in [0.29, 0.717) is 13.2 Å². The van der Waals surface area contributed by atoms with Gasteiger partial charge >= 0.3 is 0 Å². The number of rotatable bonds is 6. The molecule has 0 N–H and O–H groups in total. The summed E-state index contributed by atoms with van der Waals surface area (Å²) in [4.78, 5) is 0. The first-order valence-corrected chi connectivity index (χ1v) is 4.81. The van der Waals surface area contributed by atoms with Gasteiger partial charge in [0.1, 0.15) is 13.2 Å². The van der Waals surface area contributed by atoms with Crippen LogP contribution >= 0.6 is 11.3 Å². The molecule has 0 saturated heterocycles. The van der Waals surface area contributed by atoms with E-state index in [2.05, 4.69) is 13.2 Å². The molecule has 0 fully saturated rings. The molecule has 2 nitrogen and oxygen atoms in total. The van der Waals surface area contributed by atoms with Crippen LogP contribution in [0.2, 0.25) is 0 Å². The third-order valence-corrected chi connectivity index (χ3v) is 2.09. The maximum Gasteiger partial charge on any atom is 0.217 e. The maximum absolute atomic E-state index is 5.36. The molecule has 13 heavy (non-hydrogen) atoms. The second-order valence-electron chi connectivity index (χ2n) is 2.27. The lowest BCUT2D eigenvalue weighted by Crippen LogP contribution is -1.96. The molecule has 0 saturated carbocycles. The number of hydrogen-bond acceptors (Lipinski definition) is 3. The summed E-state index contributed by atoms with van der Waals surface area (Å²) < 4.78 is 10.7. The fourth-order valence-corrected chi connectivity index (χ4v) is 1.47. The van der Waals surface area contributed by atoms with E-state index in [1.54, 1.807) is 12.2 Å². The molecule has 1 aromatic heterocycles. The first kappa shape index (κ1) is 9.86. The zero-order chi connectivity index (χ0) is 9.52. The van der Waals surface area contributed by atoms with Crippen LogP contribution in [0.1, 0.15) is 0 Å². The molecule has 0 unspecified atom stereocenters. The average molecular weight is 196 g/mol. The largest absolute Gasteiger partial charge is 0.485 e. The number of thiophene rings is 1. The van der Waals surface area contributed by atoms with Crippen molar-refractivity contribution in [2.75, 3.05) is 13.2 Å². The van der Waals surface area contributed by atoms with Crippen molar-refractivity contribution in [3.05, 3.63) is 36.8 Å². The van der Waals surface area contributed by atoms with Gasteiger partial charge in [-0.1, -0.05) is 25.3 Å². The second-order valence-corrected chi connectivity index (χ2v) is 3.15. The summed E-state index contributed by atoms with van der Waals surface area (Å²) in [6.07, 6.45) is 3.41. The summed E-state index contributed by atoms with van der Waals surface area (Å²) in [7, 11) is 0. The van der Waals surface area contributed by atoms with Crippen molar-refractivity contribution in [3.8, 4) is 10.8 Å². The highest BCUT2D eigenvalue weighted by Gasteiger charge is 2.04. The van der Waals surface area contributed by atoms with Crippen molar-refractivity contribution in [2.24, 2.45) is 0 Å². The van der Waals surface area contributed by atoms with Crippen LogP contribution in [0.25, 0.3) is 0 Å². The number of hydrogen-bond donors (Lipinski definition) is 0. The SMILES string of the molecule is C=CCOc1ccsc1OCC=C. The van der Waals surface area contributed by atoms with Crippen molar-refractivity contribution in [3.63, 3.8) is 0 Å². The molecule has 1 heterocycles. The van der Waals surface area contributed by atoms with Gasteiger partial charge in [-0.15, -0.1) is 11.3 Å². The van der Waals surface area contributed by atoms with E-state index >= 15 is 0 Å². The minimum atomic E-state index is 0.501. The van der Waals surface area contributed by atoms with E-state index in [-0.39, 0.29) is 0 Å². The Morgan fingerprint density at radius 2 is 1.92 bits per heavy atom. The Bertz CT molecular complexity index is 252. The topological polar surface area (TPSA) is 18.5 Å². The summed E-state index contributed by atoms with van der Waals surface area (Å²) in [5, 5.41) is 2.72. The Balaban J connectivity index is 2.54. The first-order chi connectivity index (χ1) is 6.38. The summed E-state index contributed by atoms with van der Waals surface area (Å²) in [6.45, 7) is 8.15. The molecule has 1 rings (SSSR count). The van der Waals surface area contributed by atoms with Crippen molar-refractivity contribution >= 4 is 11.3 Å². The van der Waals surface area contributed by atoms with Crippen LogP contribution in [0.3, 0.4) is 0 Å². The van der Waals surface area contributed by atoms with Crippen molar-refractivity contribution in [1.29, 1.82) is 0 Å². The quantitative estimate of drug-likeness (QED) is 0.651. The van der Waals surface area contributed by atoms with Gasteiger partial charge in [-0.25, -0.2) is 0 Å². The van der Waals surface area contributed by atoms with Crippen LogP contribution in [0.15, 0.2) is 36.8 Å². The third-order valence-electron chi connectivity index (χ3n) is 1.28. The van der Waals surface area contributed by atoms with Crippen LogP contribution in [0.5, 0.6) is 10.8 Å². The normalized spacial score (nSPS) is 9.23. The summed E-state index contributed by atoms with van der Waals surface area (Å²) >= 11 is 1.51. The molecule has 70 valence electrons. The van der Waals surface area contributed by atoms with E-state index < -0.39 is 0 Å². The Labute approximate surface area is 82.1 Å². The van der Waals surface area contributed by atoms with Crippen molar-refractivity contribution < 1.29 is 9.47 Å². The van der Waals surface area contributed by atoms with Gasteiger partial charge in [-0.3, -0.25) is 0 Å². The molecule has 0 radical (unpaired) electrons. The van der Waals surface area contributed by atoms with Gasteiger partial charge < -0.3 is 9.47 Å². The smallest absolute Gasteiger partial charge is 0.217 e. The van der Waals surface area contributed by atoms with Gasteiger partial charge in [0, 0.05) is 0 Å². The molecular formula is C10H12O2S. The highest BCUT2D eigenvalue weighted by molar-refractivity contribution is 7.12. The monoisotopic (exact) mass is 196 g/mol. The lowest BCUT2D eigenvalue weighted by molar-refractivity contribution is 0.316. The van der Waals surface area contributed by atoms with Gasteiger partial charge in [-0.2, -0.15) is 0 Å². The lowest BCUT2D eigenvalue weighted by atomic mass is 10.5. The molecular weight excluding hydrogens is 184 g/mol. The Hall–Kier alpha value is -1.22. The van der Waals surface area contributed by atoms with Gasteiger partial charge in [-0.05, 0) is 11.4 Å². The summed E-state index contributed by atoms with van der Waals surface area (Å²) in [6, 6.07) is 1.88. The zero-order valence-corrected chi connectivity index (χ0v) is 8.18. The Morgan fingerprint density at radius 1 is 1.23 bits per heavy atom.